The van der Waals surface area contributed by atoms with Crippen LogP contribution >= 0.6 is 15.9 Å². The van der Waals surface area contributed by atoms with E-state index in [1.807, 2.05) is 19.1 Å². The molecule has 0 aliphatic heterocycles. The Morgan fingerprint density at radius 2 is 1.74 bits per heavy atom. The predicted molar refractivity (Wildman–Crippen MR) is 112 cm³/mol. The summed E-state index contributed by atoms with van der Waals surface area (Å²) in [7, 11) is 0. The molecule has 4 rings (SSSR count). The van der Waals surface area contributed by atoms with Gasteiger partial charge in [-0.3, -0.25) is 14.2 Å². The van der Waals surface area contributed by atoms with Gasteiger partial charge in [0.15, 0.2) is 0 Å². The molecule has 5 nitrogen and oxygen atoms in total. The molecule has 0 aliphatic carbocycles. The summed E-state index contributed by atoms with van der Waals surface area (Å²) in [4.78, 5) is 25.6. The highest BCUT2D eigenvalue weighted by atomic mass is 79.9. The second-order valence-corrected chi connectivity index (χ2v) is 7.54. The normalized spacial score (nSPS) is 12.7. The molecule has 1 N–H and O–H groups in total. The second-order valence-electron chi connectivity index (χ2n) is 6.52. The Bertz CT molecular complexity index is 1300. The highest BCUT2D eigenvalue weighted by molar-refractivity contribution is 9.11. The molecule has 0 bridgehead atoms. The summed E-state index contributed by atoms with van der Waals surface area (Å²) < 4.78 is 8.15. The fraction of sp³-hybridized carbons (Fsp3) is 0.238. The number of aryl methyl sites for hydroxylation is 1. The number of aliphatic hydroxyl groups excluding tert-OH is 1. The fourth-order valence-corrected chi connectivity index (χ4v) is 3.89. The van der Waals surface area contributed by atoms with Crippen LogP contribution in [0.3, 0.4) is 0 Å². The highest BCUT2D eigenvalue weighted by Crippen LogP contribution is 2.36. The number of hydrogen-bond donors (Lipinski definition) is 1. The summed E-state index contributed by atoms with van der Waals surface area (Å²) in [5, 5.41) is 12.5. The molecule has 4 aromatic rings. The van der Waals surface area contributed by atoms with Crippen LogP contribution in [0.5, 0.6) is 0 Å². The Morgan fingerprint density at radius 3 is 2.37 bits per heavy atom. The van der Waals surface area contributed by atoms with E-state index >= 15 is 0 Å². The quantitative estimate of drug-likeness (QED) is 0.496. The van der Waals surface area contributed by atoms with Gasteiger partial charge in [-0.15, -0.1) is 0 Å². The summed E-state index contributed by atoms with van der Waals surface area (Å²) in [5.74, 6) is 0.770. The number of aromatic nitrogens is 1. The first-order chi connectivity index (χ1) is 13.0. The van der Waals surface area contributed by atoms with Crippen molar-refractivity contribution in [3.05, 3.63) is 60.8 Å². The average molecular weight is 428 g/mol. The van der Waals surface area contributed by atoms with E-state index in [4.69, 9.17) is 4.42 Å². The van der Waals surface area contributed by atoms with Gasteiger partial charge in [0.1, 0.15) is 11.3 Å². The molecule has 2 aromatic heterocycles. The van der Waals surface area contributed by atoms with Crippen molar-refractivity contribution in [1.29, 1.82) is 0 Å². The van der Waals surface area contributed by atoms with Gasteiger partial charge in [-0.25, -0.2) is 0 Å². The fourth-order valence-electron chi connectivity index (χ4n) is 3.66. The SMILES string of the molecule is CC/C(Br)=C\c1c(C)oc2ccc3c(=O)n(CCO)c(=O)c4ccc1c2c34. The minimum absolute atomic E-state index is 0.0188. The maximum absolute atomic E-state index is 12.8. The number of nitrogens with zero attached hydrogens (tertiary/aromatic N) is 1. The first kappa shape index (κ1) is 17.9. The van der Waals surface area contributed by atoms with Crippen molar-refractivity contribution in [2.45, 2.75) is 26.8 Å². The maximum atomic E-state index is 12.8. The lowest BCUT2D eigenvalue weighted by atomic mass is 9.95. The molecule has 0 saturated carbocycles. The van der Waals surface area contributed by atoms with Crippen LogP contribution in [-0.2, 0) is 6.54 Å². The van der Waals surface area contributed by atoms with Gasteiger partial charge < -0.3 is 9.52 Å². The standard InChI is InChI=1S/C21H18BrNO4/c1-3-12(22)10-16-11(2)27-17-7-6-15-18-14(5-4-13(16)19(17)18)20(25)23(8-9-24)21(15)26/h4-7,10,24H,3,8-9H2,1-2H3/b12-10+. The van der Waals surface area contributed by atoms with Crippen LogP contribution in [0.2, 0.25) is 0 Å². The molecular formula is C21H18BrNO4. The van der Waals surface area contributed by atoms with E-state index in [0.29, 0.717) is 21.7 Å². The molecule has 2 heterocycles. The third-order valence-electron chi connectivity index (χ3n) is 4.97. The van der Waals surface area contributed by atoms with Crippen molar-refractivity contribution in [2.75, 3.05) is 6.61 Å². The Kier molecular flexibility index (Phi) is 4.40. The predicted octanol–water partition coefficient (Wildman–Crippen LogP) is 4.15. The largest absolute Gasteiger partial charge is 0.461 e. The molecule has 0 amide bonds. The van der Waals surface area contributed by atoms with Gasteiger partial charge in [-0.1, -0.05) is 28.9 Å². The van der Waals surface area contributed by atoms with Crippen molar-refractivity contribution >= 4 is 54.5 Å². The summed E-state index contributed by atoms with van der Waals surface area (Å²) in [6.45, 7) is 3.67. The number of hydrogen-bond acceptors (Lipinski definition) is 4. The number of halogens is 1. The summed E-state index contributed by atoms with van der Waals surface area (Å²) in [6.07, 6.45) is 2.87. The first-order valence-corrected chi connectivity index (χ1v) is 9.59. The minimum Gasteiger partial charge on any atom is -0.461 e. The molecule has 0 atom stereocenters. The number of pyridine rings is 1. The molecule has 0 aliphatic rings. The molecular weight excluding hydrogens is 410 g/mol. The molecule has 6 heteroatoms. The molecule has 138 valence electrons. The Balaban J connectivity index is 2.26. The van der Waals surface area contributed by atoms with Crippen molar-refractivity contribution < 1.29 is 9.52 Å². The van der Waals surface area contributed by atoms with E-state index in [1.165, 1.54) is 0 Å². The van der Waals surface area contributed by atoms with Gasteiger partial charge in [0.05, 0.1) is 13.2 Å². The molecule has 27 heavy (non-hydrogen) atoms. The molecule has 0 radical (unpaired) electrons. The number of rotatable bonds is 4. The van der Waals surface area contributed by atoms with E-state index < -0.39 is 0 Å². The van der Waals surface area contributed by atoms with E-state index in [1.54, 1.807) is 18.2 Å². The molecule has 0 spiro atoms. The highest BCUT2D eigenvalue weighted by Gasteiger charge is 2.19. The van der Waals surface area contributed by atoms with Crippen LogP contribution in [0.15, 0.2) is 42.8 Å². The van der Waals surface area contributed by atoms with E-state index in [0.717, 1.165) is 37.6 Å². The van der Waals surface area contributed by atoms with Crippen LogP contribution < -0.4 is 11.1 Å². The molecule has 0 unspecified atom stereocenters. The van der Waals surface area contributed by atoms with E-state index in [-0.39, 0.29) is 24.3 Å². The van der Waals surface area contributed by atoms with Crippen molar-refractivity contribution in [2.24, 2.45) is 0 Å². The Morgan fingerprint density at radius 1 is 1.11 bits per heavy atom. The Hall–Kier alpha value is -2.44. The summed E-state index contributed by atoms with van der Waals surface area (Å²) in [6, 6.07) is 7.13. The lowest BCUT2D eigenvalue weighted by molar-refractivity contribution is 0.273. The smallest absolute Gasteiger partial charge is 0.261 e. The zero-order chi connectivity index (χ0) is 19.3. The third-order valence-corrected chi connectivity index (χ3v) is 5.76. The van der Waals surface area contributed by atoms with Gasteiger partial charge in [0, 0.05) is 27.1 Å². The van der Waals surface area contributed by atoms with Gasteiger partial charge in [0.2, 0.25) is 0 Å². The molecule has 0 saturated heterocycles. The lowest BCUT2D eigenvalue weighted by Gasteiger charge is -2.15. The number of benzene rings is 2. The van der Waals surface area contributed by atoms with Gasteiger partial charge in [-0.05, 0) is 47.5 Å². The summed E-state index contributed by atoms with van der Waals surface area (Å²) >= 11 is 3.56. The topological polar surface area (TPSA) is 72.4 Å². The number of allylic oxidation sites excluding steroid dienone is 1. The van der Waals surface area contributed by atoms with Gasteiger partial charge in [0.25, 0.3) is 11.1 Å². The second kappa shape index (κ2) is 6.62. The Labute approximate surface area is 163 Å². The third kappa shape index (κ3) is 2.63. The van der Waals surface area contributed by atoms with Crippen LogP contribution in [0.25, 0.3) is 38.6 Å². The van der Waals surface area contributed by atoms with Gasteiger partial charge >= 0.3 is 0 Å². The zero-order valence-electron chi connectivity index (χ0n) is 15.0. The van der Waals surface area contributed by atoms with Crippen LogP contribution in [0, 0.1) is 6.92 Å². The number of aliphatic hydroxyl groups is 1. The molecule has 0 fully saturated rings. The van der Waals surface area contributed by atoms with Gasteiger partial charge in [-0.2, -0.15) is 0 Å². The van der Waals surface area contributed by atoms with E-state index in [2.05, 4.69) is 22.9 Å². The zero-order valence-corrected chi connectivity index (χ0v) is 16.6. The lowest BCUT2D eigenvalue weighted by Crippen LogP contribution is -2.34. The monoisotopic (exact) mass is 427 g/mol. The first-order valence-electron chi connectivity index (χ1n) is 8.79. The van der Waals surface area contributed by atoms with Crippen LogP contribution in [0.4, 0.5) is 0 Å². The molecule has 2 aromatic carbocycles. The average Bonchev–Trinajstić information content (AvgIpc) is 2.67. The van der Waals surface area contributed by atoms with Crippen LogP contribution in [-0.4, -0.2) is 16.3 Å². The van der Waals surface area contributed by atoms with Crippen molar-refractivity contribution in [3.63, 3.8) is 0 Å². The van der Waals surface area contributed by atoms with Crippen molar-refractivity contribution in [3.8, 4) is 0 Å². The van der Waals surface area contributed by atoms with E-state index in [9.17, 15) is 14.7 Å². The maximum Gasteiger partial charge on any atom is 0.261 e. The van der Waals surface area contributed by atoms with Crippen LogP contribution in [0.1, 0.15) is 24.7 Å². The van der Waals surface area contributed by atoms with Crippen molar-refractivity contribution in [1.82, 2.24) is 4.57 Å². The minimum atomic E-state index is -0.386. The summed E-state index contributed by atoms with van der Waals surface area (Å²) in [5.41, 5.74) is 0.799.